The normalized spacial score (nSPS) is 11.5. The number of nitrogens with one attached hydrogen (secondary N) is 2. The van der Waals surface area contributed by atoms with Gasteiger partial charge in [-0.2, -0.15) is 0 Å². The first-order valence-electron chi connectivity index (χ1n) is 6.92. The highest BCUT2D eigenvalue weighted by molar-refractivity contribution is 7.89. The molecule has 24 heavy (non-hydrogen) atoms. The largest absolute Gasteiger partial charge is 0.321 e. The van der Waals surface area contributed by atoms with E-state index >= 15 is 0 Å². The molecule has 1 amide bonds. The summed E-state index contributed by atoms with van der Waals surface area (Å²) >= 11 is 0. The summed E-state index contributed by atoms with van der Waals surface area (Å²) < 4.78 is 38.7. The van der Waals surface area contributed by atoms with Crippen LogP contribution in [0.1, 0.15) is 0 Å². The molecule has 0 radical (unpaired) electrons. The maximum Gasteiger partial charge on any atom is 0.257 e. The molecule has 0 spiro atoms. The Morgan fingerprint density at radius 2 is 1.96 bits per heavy atom. The molecule has 0 aliphatic heterocycles. The topological polar surface area (TPSA) is 93.1 Å². The number of benzene rings is 2. The maximum absolute atomic E-state index is 13.1. The number of carbonyl (C=O) groups is 1. The molecule has 3 rings (SSSR count). The van der Waals surface area contributed by atoms with Crippen molar-refractivity contribution in [2.75, 3.05) is 0 Å². The van der Waals surface area contributed by atoms with Gasteiger partial charge >= 0.3 is 0 Å². The van der Waals surface area contributed by atoms with Crippen molar-refractivity contribution in [2.45, 2.75) is 11.4 Å². The average Bonchev–Trinajstić information content (AvgIpc) is 2.96. The second-order valence-electron chi connectivity index (χ2n) is 4.97. The van der Waals surface area contributed by atoms with Crippen LogP contribution in [0, 0.1) is 5.82 Å². The predicted octanol–water partition coefficient (Wildman–Crippen LogP) is 1.19. The molecule has 7 nitrogen and oxygen atoms in total. The number of imidazole rings is 1. The molecule has 0 aliphatic carbocycles. The van der Waals surface area contributed by atoms with Crippen molar-refractivity contribution in [3.63, 3.8) is 0 Å². The SMILES string of the molecule is O=C(Cn1cnc2ccccc21)NNS(=O)(=O)c1cccc(F)c1. The summed E-state index contributed by atoms with van der Waals surface area (Å²) in [5.41, 5.74) is 3.57. The third-order valence-electron chi connectivity index (χ3n) is 3.27. The molecule has 1 aromatic heterocycles. The highest BCUT2D eigenvalue weighted by Crippen LogP contribution is 2.11. The lowest BCUT2D eigenvalue weighted by atomic mass is 10.3. The summed E-state index contributed by atoms with van der Waals surface area (Å²) in [6.45, 7) is -0.119. The van der Waals surface area contributed by atoms with Crippen LogP contribution in [-0.2, 0) is 21.4 Å². The average molecular weight is 348 g/mol. The summed E-state index contributed by atoms with van der Waals surface area (Å²) in [6, 6.07) is 11.7. The van der Waals surface area contributed by atoms with Gasteiger partial charge in [0, 0.05) is 0 Å². The van der Waals surface area contributed by atoms with Gasteiger partial charge in [0.1, 0.15) is 12.4 Å². The standard InChI is InChI=1S/C15H13FN4O3S/c16-11-4-3-5-12(8-11)24(22,23)19-18-15(21)9-20-10-17-13-6-1-2-7-14(13)20/h1-8,10,19H,9H2,(H,18,21). The van der Waals surface area contributed by atoms with Crippen LogP contribution >= 0.6 is 0 Å². The van der Waals surface area contributed by atoms with Gasteiger partial charge in [-0.25, -0.2) is 17.8 Å². The van der Waals surface area contributed by atoms with Crippen LogP contribution < -0.4 is 10.3 Å². The van der Waals surface area contributed by atoms with E-state index < -0.39 is 21.7 Å². The van der Waals surface area contributed by atoms with Crippen LogP contribution in [0.15, 0.2) is 59.8 Å². The van der Waals surface area contributed by atoms with E-state index in [9.17, 15) is 17.6 Å². The van der Waals surface area contributed by atoms with Crippen molar-refractivity contribution >= 4 is 27.0 Å². The van der Waals surface area contributed by atoms with Gasteiger partial charge in [-0.3, -0.25) is 10.2 Å². The Labute approximate surface area is 137 Å². The number of halogens is 1. The first-order chi connectivity index (χ1) is 11.5. The first-order valence-corrected chi connectivity index (χ1v) is 8.40. The predicted molar refractivity (Wildman–Crippen MR) is 84.6 cm³/mol. The minimum Gasteiger partial charge on any atom is -0.321 e. The fourth-order valence-electron chi connectivity index (χ4n) is 2.15. The van der Waals surface area contributed by atoms with E-state index in [0.29, 0.717) is 0 Å². The number of sulfonamides is 1. The minimum absolute atomic E-state index is 0.119. The molecular weight excluding hydrogens is 335 g/mol. The van der Waals surface area contributed by atoms with Crippen LogP contribution in [0.4, 0.5) is 4.39 Å². The number of rotatable bonds is 5. The fourth-order valence-corrected chi connectivity index (χ4v) is 3.04. The van der Waals surface area contributed by atoms with E-state index in [1.54, 1.807) is 16.7 Å². The van der Waals surface area contributed by atoms with Crippen LogP contribution in [0.25, 0.3) is 11.0 Å². The Kier molecular flexibility index (Phi) is 4.28. The maximum atomic E-state index is 13.1. The molecule has 0 fully saturated rings. The summed E-state index contributed by atoms with van der Waals surface area (Å²) in [5, 5.41) is 0. The van der Waals surface area contributed by atoms with Gasteiger partial charge in [-0.05, 0) is 30.3 Å². The number of nitrogens with zero attached hydrogens (tertiary/aromatic N) is 2. The summed E-state index contributed by atoms with van der Waals surface area (Å²) in [5.74, 6) is -1.27. The van der Waals surface area contributed by atoms with Crippen LogP contribution in [0.5, 0.6) is 0 Å². The quantitative estimate of drug-likeness (QED) is 0.677. The Balaban J connectivity index is 1.67. The van der Waals surface area contributed by atoms with E-state index in [0.717, 1.165) is 23.2 Å². The van der Waals surface area contributed by atoms with Gasteiger partial charge in [0.05, 0.1) is 22.3 Å². The second kappa shape index (κ2) is 6.38. The molecule has 3 aromatic rings. The first kappa shape index (κ1) is 16.1. The third-order valence-corrected chi connectivity index (χ3v) is 4.52. The molecule has 124 valence electrons. The Hall–Kier alpha value is -2.78. The minimum atomic E-state index is -4.05. The summed E-state index contributed by atoms with van der Waals surface area (Å²) in [4.78, 5) is 17.7. The number of fused-ring (bicyclic) bond motifs is 1. The molecular formula is C15H13FN4O3S. The number of hydrogen-bond donors (Lipinski definition) is 2. The fraction of sp³-hybridized carbons (Fsp3) is 0.0667. The van der Waals surface area contributed by atoms with Crippen LogP contribution in [0.2, 0.25) is 0 Å². The summed E-state index contributed by atoms with van der Waals surface area (Å²) in [6.07, 6.45) is 1.49. The third kappa shape index (κ3) is 3.42. The molecule has 9 heteroatoms. The zero-order valence-electron chi connectivity index (χ0n) is 12.3. The molecule has 0 bridgehead atoms. The van der Waals surface area contributed by atoms with Gasteiger partial charge < -0.3 is 4.57 Å². The molecule has 0 saturated carbocycles. The molecule has 0 atom stereocenters. The number of amides is 1. The van der Waals surface area contributed by atoms with E-state index in [1.165, 1.54) is 18.5 Å². The second-order valence-corrected chi connectivity index (χ2v) is 6.65. The van der Waals surface area contributed by atoms with Gasteiger partial charge in [0.2, 0.25) is 0 Å². The van der Waals surface area contributed by atoms with Gasteiger partial charge in [0.25, 0.3) is 15.9 Å². The molecule has 0 saturated heterocycles. The van der Waals surface area contributed by atoms with Crippen molar-refractivity contribution in [1.82, 2.24) is 19.8 Å². The molecule has 0 aliphatic rings. The highest BCUT2D eigenvalue weighted by Gasteiger charge is 2.16. The van der Waals surface area contributed by atoms with Crippen molar-refractivity contribution in [2.24, 2.45) is 0 Å². The van der Waals surface area contributed by atoms with Gasteiger partial charge in [0.15, 0.2) is 0 Å². The number of hydrazine groups is 1. The molecule has 2 N–H and O–H groups in total. The highest BCUT2D eigenvalue weighted by atomic mass is 32.2. The molecule has 2 aromatic carbocycles. The lowest BCUT2D eigenvalue weighted by Gasteiger charge is -2.09. The van der Waals surface area contributed by atoms with Gasteiger partial charge in [-0.15, -0.1) is 4.83 Å². The van der Waals surface area contributed by atoms with E-state index in [1.807, 2.05) is 17.0 Å². The lowest BCUT2D eigenvalue weighted by Crippen LogP contribution is -2.43. The van der Waals surface area contributed by atoms with Gasteiger partial charge in [-0.1, -0.05) is 18.2 Å². The Morgan fingerprint density at radius 3 is 2.75 bits per heavy atom. The van der Waals surface area contributed by atoms with E-state index in [4.69, 9.17) is 0 Å². The van der Waals surface area contributed by atoms with E-state index in [-0.39, 0.29) is 11.4 Å². The van der Waals surface area contributed by atoms with Crippen molar-refractivity contribution in [3.05, 3.63) is 60.7 Å². The number of hydrogen-bond acceptors (Lipinski definition) is 4. The number of aromatic nitrogens is 2. The number of para-hydroxylation sites is 2. The Morgan fingerprint density at radius 1 is 1.17 bits per heavy atom. The van der Waals surface area contributed by atoms with Crippen molar-refractivity contribution in [1.29, 1.82) is 0 Å². The molecule has 1 heterocycles. The van der Waals surface area contributed by atoms with E-state index in [2.05, 4.69) is 10.4 Å². The van der Waals surface area contributed by atoms with Crippen molar-refractivity contribution < 1.29 is 17.6 Å². The zero-order chi connectivity index (χ0) is 17.2. The Bertz CT molecular complexity index is 1000. The monoisotopic (exact) mass is 348 g/mol. The lowest BCUT2D eigenvalue weighted by molar-refractivity contribution is -0.122. The number of carbonyl (C=O) groups excluding carboxylic acids is 1. The molecule has 0 unspecified atom stereocenters. The van der Waals surface area contributed by atoms with Crippen molar-refractivity contribution in [3.8, 4) is 0 Å². The van der Waals surface area contributed by atoms with Crippen LogP contribution in [-0.4, -0.2) is 23.9 Å². The van der Waals surface area contributed by atoms with Crippen LogP contribution in [0.3, 0.4) is 0 Å². The zero-order valence-corrected chi connectivity index (χ0v) is 13.1. The summed E-state index contributed by atoms with van der Waals surface area (Å²) in [7, 11) is -4.05. The smallest absolute Gasteiger partial charge is 0.257 e.